The third-order valence-electron chi connectivity index (χ3n) is 2.99. The fourth-order valence-corrected chi connectivity index (χ4v) is 1.91. The normalized spacial score (nSPS) is 16.2. The quantitative estimate of drug-likeness (QED) is 0.787. The molecule has 1 aliphatic rings. The van der Waals surface area contributed by atoms with Gasteiger partial charge in [-0.2, -0.15) is 5.10 Å². The Bertz CT molecular complexity index is 360. The van der Waals surface area contributed by atoms with Crippen molar-refractivity contribution in [3.63, 3.8) is 0 Å². The van der Waals surface area contributed by atoms with Crippen molar-refractivity contribution in [2.24, 2.45) is 7.05 Å². The van der Waals surface area contributed by atoms with E-state index in [2.05, 4.69) is 10.4 Å². The van der Waals surface area contributed by atoms with Crippen LogP contribution in [-0.2, 0) is 7.05 Å². The van der Waals surface area contributed by atoms with Gasteiger partial charge in [-0.05, 0) is 26.2 Å². The number of carbonyl (C=O) groups excluding carboxylic acids is 1. The minimum absolute atomic E-state index is 0.0298. The second kappa shape index (κ2) is 4.55. The fourth-order valence-electron chi connectivity index (χ4n) is 1.91. The molecule has 1 fully saturated rings. The van der Waals surface area contributed by atoms with Gasteiger partial charge in [0.05, 0.1) is 0 Å². The summed E-state index contributed by atoms with van der Waals surface area (Å²) in [6.45, 7) is 3.68. The van der Waals surface area contributed by atoms with Crippen LogP contribution in [0.5, 0.6) is 0 Å². The number of piperidine rings is 1. The molecule has 0 radical (unpaired) electrons. The first-order valence-corrected chi connectivity index (χ1v) is 5.73. The monoisotopic (exact) mass is 222 g/mol. The highest BCUT2D eigenvalue weighted by molar-refractivity contribution is 5.88. The molecule has 1 aromatic heterocycles. The van der Waals surface area contributed by atoms with Crippen LogP contribution in [0.2, 0.25) is 0 Å². The number of hydrogen-bond acceptors (Lipinski definition) is 2. The first kappa shape index (κ1) is 11.0. The number of aromatic nitrogens is 2. The lowest BCUT2D eigenvalue weighted by Crippen LogP contribution is -2.38. The number of rotatable bonds is 1. The minimum Gasteiger partial charge on any atom is -0.325 e. The van der Waals surface area contributed by atoms with Crippen molar-refractivity contribution in [3.8, 4) is 0 Å². The molecular weight excluding hydrogens is 204 g/mol. The van der Waals surface area contributed by atoms with Gasteiger partial charge in [-0.1, -0.05) is 0 Å². The van der Waals surface area contributed by atoms with Crippen LogP contribution >= 0.6 is 0 Å². The molecule has 0 bridgehead atoms. The Morgan fingerprint density at radius 3 is 2.62 bits per heavy atom. The molecule has 5 nitrogen and oxygen atoms in total. The lowest BCUT2D eigenvalue weighted by Gasteiger charge is -2.26. The molecule has 2 amide bonds. The predicted molar refractivity (Wildman–Crippen MR) is 62.4 cm³/mol. The third kappa shape index (κ3) is 2.35. The van der Waals surface area contributed by atoms with E-state index < -0.39 is 0 Å². The van der Waals surface area contributed by atoms with E-state index in [-0.39, 0.29) is 6.03 Å². The number of anilines is 1. The van der Waals surface area contributed by atoms with Crippen molar-refractivity contribution in [1.29, 1.82) is 0 Å². The molecule has 5 heteroatoms. The van der Waals surface area contributed by atoms with E-state index in [0.29, 0.717) is 5.82 Å². The van der Waals surface area contributed by atoms with E-state index in [4.69, 9.17) is 0 Å². The average Bonchev–Trinajstić information content (AvgIpc) is 2.59. The summed E-state index contributed by atoms with van der Waals surface area (Å²) in [4.78, 5) is 13.7. The van der Waals surface area contributed by atoms with Crippen LogP contribution in [0, 0.1) is 6.92 Å². The topological polar surface area (TPSA) is 50.2 Å². The molecular formula is C11H18N4O. The Morgan fingerprint density at radius 1 is 1.38 bits per heavy atom. The number of nitrogens with zero attached hydrogens (tertiary/aromatic N) is 3. The molecule has 2 rings (SSSR count). The van der Waals surface area contributed by atoms with Crippen LogP contribution < -0.4 is 5.32 Å². The molecule has 0 atom stereocenters. The zero-order chi connectivity index (χ0) is 11.5. The summed E-state index contributed by atoms with van der Waals surface area (Å²) in [5.74, 6) is 0.635. The molecule has 0 aliphatic carbocycles. The van der Waals surface area contributed by atoms with Gasteiger partial charge in [-0.15, -0.1) is 0 Å². The summed E-state index contributed by atoms with van der Waals surface area (Å²) in [6, 6.07) is 1.85. The number of carbonyl (C=O) groups is 1. The number of hydrogen-bond donors (Lipinski definition) is 1. The SMILES string of the molecule is Cc1cc(NC(=O)N2CCCCC2)nn1C. The van der Waals surface area contributed by atoms with Gasteiger partial charge in [-0.3, -0.25) is 10.00 Å². The van der Waals surface area contributed by atoms with Crippen LogP contribution in [0.3, 0.4) is 0 Å². The van der Waals surface area contributed by atoms with E-state index in [0.717, 1.165) is 31.6 Å². The number of likely N-dealkylation sites (tertiary alicyclic amines) is 1. The Kier molecular flexibility index (Phi) is 3.12. The molecule has 0 spiro atoms. The van der Waals surface area contributed by atoms with Crippen molar-refractivity contribution in [2.45, 2.75) is 26.2 Å². The van der Waals surface area contributed by atoms with E-state index in [1.807, 2.05) is 24.9 Å². The number of amides is 2. The summed E-state index contributed by atoms with van der Waals surface area (Å²) in [5.41, 5.74) is 1.04. The van der Waals surface area contributed by atoms with E-state index in [1.54, 1.807) is 4.68 Å². The molecule has 1 aromatic rings. The summed E-state index contributed by atoms with van der Waals surface area (Å²) < 4.78 is 1.76. The van der Waals surface area contributed by atoms with E-state index >= 15 is 0 Å². The largest absolute Gasteiger partial charge is 0.325 e. The third-order valence-corrected chi connectivity index (χ3v) is 2.99. The Labute approximate surface area is 95.4 Å². The summed E-state index contributed by atoms with van der Waals surface area (Å²) in [5, 5.41) is 7.03. The highest BCUT2D eigenvalue weighted by Gasteiger charge is 2.17. The van der Waals surface area contributed by atoms with Gasteiger partial charge in [-0.25, -0.2) is 4.79 Å². The minimum atomic E-state index is -0.0298. The van der Waals surface area contributed by atoms with Gasteiger partial charge in [0.1, 0.15) is 0 Å². The zero-order valence-corrected chi connectivity index (χ0v) is 9.86. The van der Waals surface area contributed by atoms with Crippen molar-refractivity contribution < 1.29 is 4.79 Å². The maximum absolute atomic E-state index is 11.9. The van der Waals surface area contributed by atoms with Gasteiger partial charge in [0.15, 0.2) is 5.82 Å². The average molecular weight is 222 g/mol. The lowest BCUT2D eigenvalue weighted by atomic mass is 10.1. The molecule has 1 N–H and O–H groups in total. The van der Waals surface area contributed by atoms with Crippen molar-refractivity contribution in [2.75, 3.05) is 18.4 Å². The highest BCUT2D eigenvalue weighted by atomic mass is 16.2. The molecule has 16 heavy (non-hydrogen) atoms. The van der Waals surface area contributed by atoms with Crippen LogP contribution in [-0.4, -0.2) is 33.8 Å². The maximum Gasteiger partial charge on any atom is 0.323 e. The molecule has 0 aromatic carbocycles. The summed E-state index contributed by atoms with van der Waals surface area (Å²) >= 11 is 0. The van der Waals surface area contributed by atoms with Gasteiger partial charge in [0.25, 0.3) is 0 Å². The van der Waals surface area contributed by atoms with E-state index in [1.165, 1.54) is 6.42 Å². The van der Waals surface area contributed by atoms with Crippen LogP contribution in [0.25, 0.3) is 0 Å². The molecule has 0 saturated carbocycles. The number of aryl methyl sites for hydroxylation is 2. The second-order valence-corrected chi connectivity index (χ2v) is 4.27. The molecule has 1 saturated heterocycles. The number of urea groups is 1. The standard InChI is InChI=1S/C11H18N4O/c1-9-8-10(13-14(9)2)12-11(16)15-6-4-3-5-7-15/h8H,3-7H2,1-2H3,(H,12,13,16). The van der Waals surface area contributed by atoms with Crippen molar-refractivity contribution >= 4 is 11.8 Å². The first-order chi connectivity index (χ1) is 7.66. The van der Waals surface area contributed by atoms with Crippen molar-refractivity contribution in [1.82, 2.24) is 14.7 Å². The summed E-state index contributed by atoms with van der Waals surface area (Å²) in [7, 11) is 1.87. The van der Waals surface area contributed by atoms with Gasteiger partial charge in [0.2, 0.25) is 0 Å². The fraction of sp³-hybridized carbons (Fsp3) is 0.636. The molecule has 1 aliphatic heterocycles. The zero-order valence-electron chi connectivity index (χ0n) is 9.86. The lowest BCUT2D eigenvalue weighted by molar-refractivity contribution is 0.200. The van der Waals surface area contributed by atoms with Crippen LogP contribution in [0.4, 0.5) is 10.6 Å². The van der Waals surface area contributed by atoms with Crippen LogP contribution in [0.15, 0.2) is 6.07 Å². The molecule has 0 unspecified atom stereocenters. The molecule has 88 valence electrons. The van der Waals surface area contributed by atoms with Gasteiger partial charge >= 0.3 is 6.03 Å². The first-order valence-electron chi connectivity index (χ1n) is 5.73. The highest BCUT2D eigenvalue weighted by Crippen LogP contribution is 2.12. The Hall–Kier alpha value is -1.52. The Morgan fingerprint density at radius 2 is 2.06 bits per heavy atom. The van der Waals surface area contributed by atoms with Crippen molar-refractivity contribution in [3.05, 3.63) is 11.8 Å². The van der Waals surface area contributed by atoms with Gasteiger partial charge < -0.3 is 4.90 Å². The van der Waals surface area contributed by atoms with Crippen LogP contribution in [0.1, 0.15) is 25.0 Å². The van der Waals surface area contributed by atoms with E-state index in [9.17, 15) is 4.79 Å². The second-order valence-electron chi connectivity index (χ2n) is 4.27. The molecule has 2 heterocycles. The Balaban J connectivity index is 1.95. The van der Waals surface area contributed by atoms with Gasteiger partial charge in [0, 0.05) is 31.9 Å². The summed E-state index contributed by atoms with van der Waals surface area (Å²) in [6.07, 6.45) is 3.44. The number of nitrogens with one attached hydrogen (secondary N) is 1. The maximum atomic E-state index is 11.9. The predicted octanol–water partition coefficient (Wildman–Crippen LogP) is 1.75. The smallest absolute Gasteiger partial charge is 0.323 e.